The minimum atomic E-state index is -0.473. The van der Waals surface area contributed by atoms with Gasteiger partial charge >= 0.3 is 0 Å². The van der Waals surface area contributed by atoms with Crippen molar-refractivity contribution in [3.8, 4) is 17.6 Å². The van der Waals surface area contributed by atoms with Gasteiger partial charge in [0.25, 0.3) is 0 Å². The number of aliphatic hydroxyl groups excluding tert-OH is 1. The fourth-order valence-corrected chi connectivity index (χ4v) is 1.72. The Labute approximate surface area is 112 Å². The molecule has 0 aliphatic carbocycles. The van der Waals surface area contributed by atoms with E-state index in [0.29, 0.717) is 6.42 Å². The van der Waals surface area contributed by atoms with Crippen molar-refractivity contribution in [2.45, 2.75) is 19.4 Å². The molecule has 0 amide bonds. The van der Waals surface area contributed by atoms with Gasteiger partial charge in [0.1, 0.15) is 11.5 Å². The van der Waals surface area contributed by atoms with Gasteiger partial charge in [-0.05, 0) is 42.3 Å². The van der Waals surface area contributed by atoms with Crippen molar-refractivity contribution in [2.75, 3.05) is 0 Å². The summed E-state index contributed by atoms with van der Waals surface area (Å²) in [6.07, 6.45) is -0.0667. The lowest BCUT2D eigenvalue weighted by atomic mass is 10.1. The highest BCUT2D eigenvalue weighted by molar-refractivity contribution is 5.35. The molecule has 0 aromatic heterocycles. The summed E-state index contributed by atoms with van der Waals surface area (Å²) >= 11 is 0. The van der Waals surface area contributed by atoms with Crippen LogP contribution >= 0.6 is 0 Å². The van der Waals surface area contributed by atoms with E-state index in [0.717, 1.165) is 22.6 Å². The van der Waals surface area contributed by atoms with E-state index < -0.39 is 6.10 Å². The van der Waals surface area contributed by atoms with Gasteiger partial charge in [0, 0.05) is 0 Å². The van der Waals surface area contributed by atoms with E-state index in [1.54, 1.807) is 6.92 Å². The Morgan fingerprint density at radius 3 is 2.05 bits per heavy atom. The summed E-state index contributed by atoms with van der Waals surface area (Å²) in [6, 6.07) is 16.9. The Bertz CT molecular complexity index is 565. The van der Waals surface area contributed by atoms with Crippen molar-refractivity contribution < 1.29 is 9.84 Å². The number of nitriles is 1. The normalized spacial score (nSPS) is 11.6. The highest BCUT2D eigenvalue weighted by atomic mass is 16.5. The third kappa shape index (κ3) is 3.57. The molecule has 0 heterocycles. The topological polar surface area (TPSA) is 53.2 Å². The van der Waals surface area contributed by atoms with Crippen LogP contribution in [-0.4, -0.2) is 5.11 Å². The maximum Gasteiger partial charge on any atom is 0.127 e. The Morgan fingerprint density at radius 1 is 1.05 bits per heavy atom. The zero-order chi connectivity index (χ0) is 13.7. The monoisotopic (exact) mass is 253 g/mol. The predicted octanol–water partition coefficient (Wildman–Crippen LogP) is 3.60. The Kier molecular flexibility index (Phi) is 4.17. The number of ether oxygens (including phenoxy) is 1. The van der Waals surface area contributed by atoms with Crippen molar-refractivity contribution in [3.05, 3.63) is 59.7 Å². The number of aliphatic hydroxyl groups is 1. The van der Waals surface area contributed by atoms with Crippen molar-refractivity contribution in [1.82, 2.24) is 0 Å². The van der Waals surface area contributed by atoms with Crippen molar-refractivity contribution in [3.63, 3.8) is 0 Å². The summed E-state index contributed by atoms with van der Waals surface area (Å²) < 4.78 is 5.68. The summed E-state index contributed by atoms with van der Waals surface area (Å²) in [4.78, 5) is 0. The molecular weight excluding hydrogens is 238 g/mol. The highest BCUT2D eigenvalue weighted by Gasteiger charge is 2.02. The molecule has 3 heteroatoms. The van der Waals surface area contributed by atoms with E-state index in [1.165, 1.54) is 0 Å². The molecule has 3 nitrogen and oxygen atoms in total. The summed E-state index contributed by atoms with van der Waals surface area (Å²) in [5.41, 5.74) is 1.83. The standard InChI is InChI=1S/C16H15NO2/c1-12(18)14-4-8-16(9-5-14)19-15-6-2-13(3-7-15)10-11-17/h2-9,12,18H,10H2,1H3/t12-/m0/s1. The van der Waals surface area contributed by atoms with Crippen LogP contribution in [0.2, 0.25) is 0 Å². The smallest absolute Gasteiger partial charge is 0.127 e. The summed E-state index contributed by atoms with van der Waals surface area (Å²) in [5.74, 6) is 1.45. The number of nitrogens with zero attached hydrogens (tertiary/aromatic N) is 1. The number of hydrogen-bond donors (Lipinski definition) is 1. The van der Waals surface area contributed by atoms with Crippen LogP contribution in [0.3, 0.4) is 0 Å². The zero-order valence-electron chi connectivity index (χ0n) is 10.7. The van der Waals surface area contributed by atoms with Gasteiger partial charge in [-0.2, -0.15) is 5.26 Å². The molecule has 0 aliphatic heterocycles. The minimum Gasteiger partial charge on any atom is -0.457 e. The van der Waals surface area contributed by atoms with Gasteiger partial charge in [-0.3, -0.25) is 0 Å². The molecule has 0 spiro atoms. The van der Waals surface area contributed by atoms with E-state index in [2.05, 4.69) is 6.07 Å². The fourth-order valence-electron chi connectivity index (χ4n) is 1.72. The van der Waals surface area contributed by atoms with Crippen molar-refractivity contribution in [2.24, 2.45) is 0 Å². The van der Waals surface area contributed by atoms with E-state index in [1.807, 2.05) is 48.5 Å². The highest BCUT2D eigenvalue weighted by Crippen LogP contribution is 2.23. The van der Waals surface area contributed by atoms with Gasteiger partial charge in [-0.1, -0.05) is 24.3 Å². The first-order chi connectivity index (χ1) is 9.19. The first-order valence-electron chi connectivity index (χ1n) is 6.11. The van der Waals surface area contributed by atoms with Crippen molar-refractivity contribution in [1.29, 1.82) is 5.26 Å². The molecule has 2 aromatic rings. The van der Waals surface area contributed by atoms with Crippen molar-refractivity contribution >= 4 is 0 Å². The molecule has 1 atom stereocenters. The lowest BCUT2D eigenvalue weighted by molar-refractivity contribution is 0.199. The molecule has 0 saturated carbocycles. The maximum atomic E-state index is 9.42. The number of rotatable bonds is 4. The quantitative estimate of drug-likeness (QED) is 0.905. The van der Waals surface area contributed by atoms with Crippen LogP contribution in [0.4, 0.5) is 0 Å². The first-order valence-corrected chi connectivity index (χ1v) is 6.11. The van der Waals surface area contributed by atoms with Crippen LogP contribution in [0, 0.1) is 11.3 Å². The van der Waals surface area contributed by atoms with Gasteiger partial charge in [-0.15, -0.1) is 0 Å². The number of hydrogen-bond acceptors (Lipinski definition) is 3. The Morgan fingerprint density at radius 2 is 1.58 bits per heavy atom. The summed E-state index contributed by atoms with van der Waals surface area (Å²) in [7, 11) is 0. The third-order valence-electron chi connectivity index (χ3n) is 2.80. The molecule has 0 bridgehead atoms. The number of benzene rings is 2. The molecule has 0 radical (unpaired) electrons. The Balaban J connectivity index is 2.06. The average Bonchev–Trinajstić information content (AvgIpc) is 2.42. The fraction of sp³-hybridized carbons (Fsp3) is 0.188. The van der Waals surface area contributed by atoms with E-state index in [9.17, 15) is 5.11 Å². The Hall–Kier alpha value is -2.31. The second-order valence-electron chi connectivity index (χ2n) is 4.33. The van der Waals surface area contributed by atoms with Crippen LogP contribution in [0.25, 0.3) is 0 Å². The van der Waals surface area contributed by atoms with Crippen LogP contribution in [0.1, 0.15) is 24.2 Å². The van der Waals surface area contributed by atoms with Crippen LogP contribution in [0.5, 0.6) is 11.5 Å². The molecule has 1 N–H and O–H groups in total. The molecule has 0 unspecified atom stereocenters. The lowest BCUT2D eigenvalue weighted by Crippen LogP contribution is -1.91. The SMILES string of the molecule is C[C@H](O)c1ccc(Oc2ccc(CC#N)cc2)cc1. The molecule has 19 heavy (non-hydrogen) atoms. The van der Waals surface area contributed by atoms with Gasteiger partial charge in [0.2, 0.25) is 0 Å². The van der Waals surface area contributed by atoms with E-state index in [-0.39, 0.29) is 0 Å². The molecular formula is C16H15NO2. The van der Waals surface area contributed by atoms with E-state index in [4.69, 9.17) is 10.00 Å². The van der Waals surface area contributed by atoms with Gasteiger partial charge < -0.3 is 9.84 Å². The third-order valence-corrected chi connectivity index (χ3v) is 2.80. The first kappa shape index (κ1) is 13.1. The predicted molar refractivity (Wildman–Crippen MR) is 72.9 cm³/mol. The molecule has 0 fully saturated rings. The molecule has 96 valence electrons. The van der Waals surface area contributed by atoms with Gasteiger partial charge in [0.05, 0.1) is 18.6 Å². The molecule has 0 saturated heterocycles. The largest absolute Gasteiger partial charge is 0.457 e. The summed E-state index contributed by atoms with van der Waals surface area (Å²) in [5, 5.41) is 18.0. The minimum absolute atomic E-state index is 0.406. The second kappa shape index (κ2) is 6.03. The maximum absolute atomic E-state index is 9.42. The molecule has 2 rings (SSSR count). The molecule has 2 aromatic carbocycles. The van der Waals surface area contributed by atoms with Crippen LogP contribution < -0.4 is 4.74 Å². The average molecular weight is 253 g/mol. The molecule has 0 aliphatic rings. The van der Waals surface area contributed by atoms with Crippen LogP contribution in [-0.2, 0) is 6.42 Å². The van der Waals surface area contributed by atoms with Gasteiger partial charge in [0.15, 0.2) is 0 Å². The van der Waals surface area contributed by atoms with Crippen LogP contribution in [0.15, 0.2) is 48.5 Å². The zero-order valence-corrected chi connectivity index (χ0v) is 10.7. The summed E-state index contributed by atoms with van der Waals surface area (Å²) in [6.45, 7) is 1.73. The van der Waals surface area contributed by atoms with Gasteiger partial charge in [-0.25, -0.2) is 0 Å². The van der Waals surface area contributed by atoms with E-state index >= 15 is 0 Å². The lowest BCUT2D eigenvalue weighted by Gasteiger charge is -2.08. The second-order valence-corrected chi connectivity index (χ2v) is 4.33.